The van der Waals surface area contributed by atoms with E-state index in [2.05, 4.69) is 13.5 Å². The Bertz CT molecular complexity index is 436. The Morgan fingerprint density at radius 2 is 2.14 bits per heavy atom. The molecule has 0 aliphatic heterocycles. The van der Waals surface area contributed by atoms with Crippen LogP contribution in [0.1, 0.15) is 52.4 Å². The van der Waals surface area contributed by atoms with E-state index in [1.807, 2.05) is 19.1 Å². The number of aliphatic hydroxyl groups is 2. The molecule has 2 aliphatic carbocycles. The molecule has 21 heavy (non-hydrogen) atoms. The normalized spacial score (nSPS) is 35.4. The van der Waals surface area contributed by atoms with Crippen molar-refractivity contribution in [1.29, 1.82) is 0 Å². The van der Waals surface area contributed by atoms with Gasteiger partial charge >= 0.3 is 0 Å². The topological polar surface area (TPSA) is 57.5 Å². The van der Waals surface area contributed by atoms with E-state index in [4.69, 9.17) is 0 Å². The van der Waals surface area contributed by atoms with Gasteiger partial charge in [0, 0.05) is 11.8 Å². The van der Waals surface area contributed by atoms with Crippen LogP contribution in [-0.2, 0) is 4.79 Å². The van der Waals surface area contributed by atoms with Crippen molar-refractivity contribution in [3.8, 4) is 0 Å². The molecule has 2 saturated carbocycles. The maximum Gasteiger partial charge on any atom is 0.161 e. The van der Waals surface area contributed by atoms with Gasteiger partial charge in [-0.15, -0.1) is 0 Å². The summed E-state index contributed by atoms with van der Waals surface area (Å²) >= 11 is 0. The minimum atomic E-state index is -0.827. The Labute approximate surface area is 127 Å². The third-order valence-electron chi connectivity index (χ3n) is 5.08. The first-order chi connectivity index (χ1) is 9.85. The number of carbonyl (C=O) groups is 1. The van der Waals surface area contributed by atoms with Gasteiger partial charge in [0.05, 0.1) is 11.7 Å². The highest BCUT2D eigenvalue weighted by Crippen LogP contribution is 2.48. The first kappa shape index (κ1) is 16.4. The molecule has 0 aromatic heterocycles. The smallest absolute Gasteiger partial charge is 0.161 e. The number of ketones is 1. The first-order valence-corrected chi connectivity index (χ1v) is 8.17. The highest BCUT2D eigenvalue weighted by molar-refractivity contribution is 5.99. The van der Waals surface area contributed by atoms with E-state index in [1.54, 1.807) is 0 Å². The molecule has 0 spiro atoms. The number of unbranched alkanes of at least 4 members (excludes halogenated alkanes) is 2. The van der Waals surface area contributed by atoms with Crippen LogP contribution in [0.5, 0.6) is 0 Å². The average molecular weight is 292 g/mol. The first-order valence-electron chi connectivity index (χ1n) is 8.17. The van der Waals surface area contributed by atoms with Crippen molar-refractivity contribution in [2.45, 2.75) is 64.1 Å². The highest BCUT2D eigenvalue weighted by Gasteiger charge is 2.49. The molecule has 0 aromatic carbocycles. The van der Waals surface area contributed by atoms with Gasteiger partial charge in [-0.05, 0) is 37.7 Å². The lowest BCUT2D eigenvalue weighted by atomic mass is 9.88. The molecule has 2 fully saturated rings. The molecule has 0 saturated heterocycles. The summed E-state index contributed by atoms with van der Waals surface area (Å²) in [7, 11) is 0. The lowest BCUT2D eigenvalue weighted by Crippen LogP contribution is -2.23. The lowest BCUT2D eigenvalue weighted by Gasteiger charge is -2.22. The Morgan fingerprint density at radius 3 is 2.81 bits per heavy atom. The van der Waals surface area contributed by atoms with Gasteiger partial charge in [-0.1, -0.05) is 44.9 Å². The molecule has 0 bridgehead atoms. The molecule has 1 unspecified atom stereocenters. The minimum absolute atomic E-state index is 0.0316. The summed E-state index contributed by atoms with van der Waals surface area (Å²) < 4.78 is 0. The van der Waals surface area contributed by atoms with Crippen LogP contribution in [-0.4, -0.2) is 27.7 Å². The van der Waals surface area contributed by atoms with Gasteiger partial charge in [0.25, 0.3) is 0 Å². The van der Waals surface area contributed by atoms with Crippen molar-refractivity contribution in [2.75, 3.05) is 0 Å². The van der Waals surface area contributed by atoms with Gasteiger partial charge in [0.1, 0.15) is 0 Å². The molecule has 118 valence electrons. The molecule has 2 N–H and O–H groups in total. The van der Waals surface area contributed by atoms with Crippen LogP contribution in [0.15, 0.2) is 24.3 Å². The number of allylic oxidation sites excluding steroid dienone is 1. The molecule has 0 amide bonds. The van der Waals surface area contributed by atoms with Gasteiger partial charge in [0.2, 0.25) is 0 Å². The number of Topliss-reactive ketones (excluding diaryl/α,β-unsaturated/α-hetero) is 1. The zero-order valence-corrected chi connectivity index (χ0v) is 13.2. The number of hydrogen-bond acceptors (Lipinski definition) is 3. The molecular weight excluding hydrogens is 264 g/mol. The van der Waals surface area contributed by atoms with Gasteiger partial charge in [-0.25, -0.2) is 0 Å². The number of aliphatic hydroxyl groups excluding tert-OH is 1. The van der Waals surface area contributed by atoms with Crippen molar-refractivity contribution >= 4 is 5.78 Å². The van der Waals surface area contributed by atoms with E-state index in [9.17, 15) is 15.0 Å². The van der Waals surface area contributed by atoms with Crippen LogP contribution in [0.4, 0.5) is 0 Å². The lowest BCUT2D eigenvalue weighted by molar-refractivity contribution is -0.118. The summed E-state index contributed by atoms with van der Waals surface area (Å²) in [6.07, 6.45) is 8.51. The Hall–Kier alpha value is -0.930. The molecule has 2 rings (SSSR count). The molecule has 3 nitrogen and oxygen atoms in total. The SMILES string of the molecule is C=C1C[C@H]2[C@H](C=CC(C)(O)CCCCC)[C@H](O)C[C@@H]2C1=O. The molecule has 0 radical (unpaired) electrons. The van der Waals surface area contributed by atoms with Crippen molar-refractivity contribution in [3.63, 3.8) is 0 Å². The summed E-state index contributed by atoms with van der Waals surface area (Å²) in [6.45, 7) is 7.79. The van der Waals surface area contributed by atoms with E-state index < -0.39 is 11.7 Å². The van der Waals surface area contributed by atoms with Gasteiger partial charge < -0.3 is 10.2 Å². The fraction of sp³-hybridized carbons (Fsp3) is 0.722. The van der Waals surface area contributed by atoms with Crippen LogP contribution in [0, 0.1) is 17.8 Å². The molecular formula is C18H28O3. The van der Waals surface area contributed by atoms with Gasteiger partial charge in [-0.3, -0.25) is 4.79 Å². The molecule has 2 aliphatic rings. The van der Waals surface area contributed by atoms with Crippen molar-refractivity contribution in [1.82, 2.24) is 0 Å². The predicted octanol–water partition coefficient (Wildman–Crippen LogP) is 3.02. The maximum absolute atomic E-state index is 12.0. The van der Waals surface area contributed by atoms with Crippen LogP contribution in [0.2, 0.25) is 0 Å². The largest absolute Gasteiger partial charge is 0.392 e. The molecule has 0 aromatic rings. The van der Waals surface area contributed by atoms with Crippen LogP contribution >= 0.6 is 0 Å². The number of rotatable bonds is 6. The van der Waals surface area contributed by atoms with Crippen LogP contribution < -0.4 is 0 Å². The average Bonchev–Trinajstić information content (AvgIpc) is 2.85. The van der Waals surface area contributed by atoms with E-state index in [0.717, 1.165) is 25.7 Å². The number of fused-ring (bicyclic) bond motifs is 1. The summed E-state index contributed by atoms with van der Waals surface area (Å²) in [6, 6.07) is 0. The van der Waals surface area contributed by atoms with Gasteiger partial charge in [0.15, 0.2) is 5.78 Å². The Balaban J connectivity index is 1.99. The molecule has 5 atom stereocenters. The van der Waals surface area contributed by atoms with E-state index in [1.165, 1.54) is 0 Å². The fourth-order valence-electron chi connectivity index (χ4n) is 3.78. The summed E-state index contributed by atoms with van der Waals surface area (Å²) in [5.74, 6) is 0.204. The fourth-order valence-corrected chi connectivity index (χ4v) is 3.78. The second-order valence-electron chi connectivity index (χ2n) is 7.00. The summed E-state index contributed by atoms with van der Waals surface area (Å²) in [5, 5.41) is 20.6. The summed E-state index contributed by atoms with van der Waals surface area (Å²) in [5.41, 5.74) is -0.128. The Kier molecular flexibility index (Phi) is 5.05. The molecule has 0 heterocycles. The van der Waals surface area contributed by atoms with E-state index in [-0.39, 0.29) is 23.5 Å². The zero-order chi connectivity index (χ0) is 15.6. The van der Waals surface area contributed by atoms with Crippen LogP contribution in [0.3, 0.4) is 0 Å². The predicted molar refractivity (Wildman–Crippen MR) is 83.8 cm³/mol. The third kappa shape index (κ3) is 3.64. The highest BCUT2D eigenvalue weighted by atomic mass is 16.3. The number of hydrogen-bond donors (Lipinski definition) is 2. The van der Waals surface area contributed by atoms with Crippen molar-refractivity contribution in [3.05, 3.63) is 24.3 Å². The van der Waals surface area contributed by atoms with Crippen molar-refractivity contribution in [2.24, 2.45) is 17.8 Å². The standard InChI is InChI=1S/C18H28O3/c1-4-5-6-8-18(3,21)9-7-13-14-10-12(2)17(20)15(14)11-16(13)19/h7,9,13-16,19,21H,2,4-6,8,10-11H2,1,3H3/t13-,14-,15-,16+,18?/m0/s1. The van der Waals surface area contributed by atoms with E-state index >= 15 is 0 Å². The maximum atomic E-state index is 12.0. The zero-order valence-electron chi connectivity index (χ0n) is 13.2. The third-order valence-corrected chi connectivity index (χ3v) is 5.08. The van der Waals surface area contributed by atoms with Crippen LogP contribution in [0.25, 0.3) is 0 Å². The quantitative estimate of drug-likeness (QED) is 0.449. The summed E-state index contributed by atoms with van der Waals surface area (Å²) in [4.78, 5) is 12.0. The van der Waals surface area contributed by atoms with Gasteiger partial charge in [-0.2, -0.15) is 0 Å². The van der Waals surface area contributed by atoms with E-state index in [0.29, 0.717) is 18.4 Å². The molecule has 3 heteroatoms. The Morgan fingerprint density at radius 1 is 1.43 bits per heavy atom. The van der Waals surface area contributed by atoms with Crippen molar-refractivity contribution < 1.29 is 15.0 Å². The monoisotopic (exact) mass is 292 g/mol. The second kappa shape index (κ2) is 6.45. The number of carbonyl (C=O) groups excluding carboxylic acids is 1. The second-order valence-corrected chi connectivity index (χ2v) is 7.00. The minimum Gasteiger partial charge on any atom is -0.392 e.